The van der Waals surface area contributed by atoms with Gasteiger partial charge in [0.15, 0.2) is 5.69 Å². The Labute approximate surface area is 146 Å². The molecular weight excluding hydrogens is 411 g/mol. The van der Waals surface area contributed by atoms with Crippen LogP contribution in [0.1, 0.15) is 39.4 Å². The van der Waals surface area contributed by atoms with Gasteiger partial charge in [0.1, 0.15) is 17.1 Å². The smallest absolute Gasteiger partial charge is 0.276 e. The number of nitrogens with one attached hydrogen (secondary N) is 1. The highest BCUT2D eigenvalue weighted by molar-refractivity contribution is 14.1. The minimum absolute atomic E-state index is 0.0624. The number of pyridine rings is 1. The minimum atomic E-state index is -0.444. The number of nitrogens with zero attached hydrogens (tertiary/aromatic N) is 3. The van der Waals surface area contributed by atoms with Gasteiger partial charge in [0.2, 0.25) is 0 Å². The molecule has 23 heavy (non-hydrogen) atoms. The second kappa shape index (κ2) is 6.65. The van der Waals surface area contributed by atoms with Crippen molar-refractivity contribution >= 4 is 40.2 Å². The van der Waals surface area contributed by atoms with Gasteiger partial charge in [-0.15, -0.1) is 0 Å². The fourth-order valence-electron chi connectivity index (χ4n) is 2.48. The van der Waals surface area contributed by atoms with Crippen molar-refractivity contribution in [3.05, 3.63) is 38.9 Å². The molecule has 1 saturated heterocycles. The molecule has 2 aromatic rings. The zero-order valence-electron chi connectivity index (χ0n) is 12.5. The third-order valence-corrected chi connectivity index (χ3v) is 4.29. The van der Waals surface area contributed by atoms with Gasteiger partial charge in [0, 0.05) is 22.9 Å². The standard InChI is InChI=1S/C15H15IN4O3/c1-9-12(14(21)18-11-5-4-10(16)8-17-11)13(19-23-9)15(22)20-6-2-3-7-20/h4-5,8H,2-3,6-7H2,1H3,(H,17,18,21). The van der Waals surface area contributed by atoms with Crippen molar-refractivity contribution in [3.63, 3.8) is 0 Å². The summed E-state index contributed by atoms with van der Waals surface area (Å²) in [6.45, 7) is 2.99. The zero-order chi connectivity index (χ0) is 16.4. The molecular formula is C15H15IN4O3. The van der Waals surface area contributed by atoms with Gasteiger partial charge in [-0.05, 0) is 54.5 Å². The molecule has 2 amide bonds. The Morgan fingerprint density at radius 3 is 2.70 bits per heavy atom. The van der Waals surface area contributed by atoms with Gasteiger partial charge in [0.05, 0.1) is 0 Å². The maximum Gasteiger partial charge on any atom is 0.276 e. The van der Waals surface area contributed by atoms with Crippen molar-refractivity contribution in [1.82, 2.24) is 15.0 Å². The molecule has 1 aliphatic rings. The van der Waals surface area contributed by atoms with Gasteiger partial charge >= 0.3 is 0 Å². The number of halogens is 1. The number of hydrogen-bond donors (Lipinski definition) is 1. The predicted octanol–water partition coefficient (Wildman–Crippen LogP) is 2.47. The van der Waals surface area contributed by atoms with Gasteiger partial charge in [-0.25, -0.2) is 4.98 Å². The van der Waals surface area contributed by atoms with E-state index in [1.807, 2.05) is 6.07 Å². The average molecular weight is 426 g/mol. The number of carbonyl (C=O) groups is 2. The lowest BCUT2D eigenvalue weighted by Crippen LogP contribution is -2.30. The maximum absolute atomic E-state index is 12.5. The van der Waals surface area contributed by atoms with E-state index < -0.39 is 5.91 Å². The van der Waals surface area contributed by atoms with Crippen LogP contribution >= 0.6 is 22.6 Å². The summed E-state index contributed by atoms with van der Waals surface area (Å²) in [6.07, 6.45) is 3.58. The second-order valence-corrected chi connectivity index (χ2v) is 6.52. The van der Waals surface area contributed by atoms with E-state index in [1.165, 1.54) is 0 Å². The molecule has 0 radical (unpaired) electrons. The van der Waals surface area contributed by atoms with E-state index in [0.717, 1.165) is 16.4 Å². The van der Waals surface area contributed by atoms with Crippen LogP contribution in [0.3, 0.4) is 0 Å². The summed E-state index contributed by atoms with van der Waals surface area (Å²) < 4.78 is 6.04. The Balaban J connectivity index is 1.84. The number of anilines is 1. The van der Waals surface area contributed by atoms with E-state index in [-0.39, 0.29) is 17.2 Å². The number of hydrogen-bond acceptors (Lipinski definition) is 5. The summed E-state index contributed by atoms with van der Waals surface area (Å²) in [4.78, 5) is 30.8. The van der Waals surface area contributed by atoms with Gasteiger partial charge in [-0.2, -0.15) is 0 Å². The first-order valence-electron chi connectivity index (χ1n) is 7.24. The van der Waals surface area contributed by atoms with Gasteiger partial charge in [0.25, 0.3) is 11.8 Å². The molecule has 0 aromatic carbocycles. The summed E-state index contributed by atoms with van der Waals surface area (Å²) in [5.74, 6) is 0.0196. The molecule has 0 spiro atoms. The fourth-order valence-corrected chi connectivity index (χ4v) is 2.80. The molecule has 2 aromatic heterocycles. The highest BCUT2D eigenvalue weighted by Gasteiger charge is 2.30. The number of carbonyl (C=O) groups excluding carboxylic acids is 2. The van der Waals surface area contributed by atoms with Gasteiger partial charge in [-0.3, -0.25) is 9.59 Å². The van der Waals surface area contributed by atoms with Crippen LogP contribution in [0.25, 0.3) is 0 Å². The molecule has 7 nitrogen and oxygen atoms in total. The maximum atomic E-state index is 12.5. The van der Waals surface area contributed by atoms with Crippen molar-refractivity contribution in [1.29, 1.82) is 0 Å². The van der Waals surface area contributed by atoms with Gasteiger partial charge < -0.3 is 14.7 Å². The molecule has 1 N–H and O–H groups in total. The molecule has 8 heteroatoms. The van der Waals surface area contributed by atoms with E-state index in [0.29, 0.717) is 24.7 Å². The molecule has 0 atom stereocenters. The topological polar surface area (TPSA) is 88.3 Å². The molecule has 0 unspecified atom stereocenters. The number of aromatic nitrogens is 2. The van der Waals surface area contributed by atoms with E-state index in [1.54, 1.807) is 24.1 Å². The van der Waals surface area contributed by atoms with Crippen molar-refractivity contribution in [2.75, 3.05) is 18.4 Å². The summed E-state index contributed by atoms with van der Waals surface area (Å²) in [6, 6.07) is 3.53. The summed E-state index contributed by atoms with van der Waals surface area (Å²) in [5.41, 5.74) is 0.231. The van der Waals surface area contributed by atoms with Crippen LogP contribution < -0.4 is 5.32 Å². The lowest BCUT2D eigenvalue weighted by atomic mass is 10.1. The fraction of sp³-hybridized carbons (Fsp3) is 0.333. The number of rotatable bonds is 3. The van der Waals surface area contributed by atoms with Crippen LogP contribution in [-0.4, -0.2) is 39.9 Å². The molecule has 120 valence electrons. The van der Waals surface area contributed by atoms with Crippen LogP contribution in [0.5, 0.6) is 0 Å². The van der Waals surface area contributed by atoms with E-state index in [9.17, 15) is 9.59 Å². The molecule has 0 bridgehead atoms. The monoisotopic (exact) mass is 426 g/mol. The first-order valence-corrected chi connectivity index (χ1v) is 8.32. The van der Waals surface area contributed by atoms with E-state index in [4.69, 9.17) is 4.52 Å². The quantitative estimate of drug-likeness (QED) is 0.763. The Kier molecular flexibility index (Phi) is 4.60. The van der Waals surface area contributed by atoms with Crippen molar-refractivity contribution in [2.45, 2.75) is 19.8 Å². The van der Waals surface area contributed by atoms with Crippen LogP contribution in [0.15, 0.2) is 22.9 Å². The van der Waals surface area contributed by atoms with Crippen molar-refractivity contribution < 1.29 is 14.1 Å². The van der Waals surface area contributed by atoms with Crippen LogP contribution in [0.2, 0.25) is 0 Å². The Morgan fingerprint density at radius 2 is 2.04 bits per heavy atom. The predicted molar refractivity (Wildman–Crippen MR) is 91.3 cm³/mol. The normalized spacial score (nSPS) is 14.1. The van der Waals surface area contributed by atoms with Crippen LogP contribution in [0, 0.1) is 10.5 Å². The summed E-state index contributed by atoms with van der Waals surface area (Å²) in [5, 5.41) is 6.46. The Morgan fingerprint density at radius 1 is 1.30 bits per heavy atom. The summed E-state index contributed by atoms with van der Waals surface area (Å²) >= 11 is 2.13. The first kappa shape index (κ1) is 15.9. The van der Waals surface area contributed by atoms with E-state index in [2.05, 4.69) is 38.0 Å². The average Bonchev–Trinajstić information content (AvgIpc) is 3.18. The lowest BCUT2D eigenvalue weighted by Gasteiger charge is -2.13. The highest BCUT2D eigenvalue weighted by Crippen LogP contribution is 2.20. The molecule has 0 aliphatic carbocycles. The summed E-state index contributed by atoms with van der Waals surface area (Å²) in [7, 11) is 0. The molecule has 3 heterocycles. The highest BCUT2D eigenvalue weighted by atomic mass is 127. The molecule has 1 fully saturated rings. The number of likely N-dealkylation sites (tertiary alicyclic amines) is 1. The van der Waals surface area contributed by atoms with Crippen LogP contribution in [-0.2, 0) is 0 Å². The Hall–Kier alpha value is -1.97. The molecule has 3 rings (SSSR count). The number of amides is 2. The second-order valence-electron chi connectivity index (χ2n) is 5.28. The molecule has 0 saturated carbocycles. The Bertz CT molecular complexity index is 736. The van der Waals surface area contributed by atoms with Crippen molar-refractivity contribution in [2.24, 2.45) is 0 Å². The van der Waals surface area contributed by atoms with Crippen molar-refractivity contribution in [3.8, 4) is 0 Å². The first-order chi connectivity index (χ1) is 11.1. The largest absolute Gasteiger partial charge is 0.360 e. The van der Waals surface area contributed by atoms with Crippen LogP contribution in [0.4, 0.5) is 5.82 Å². The minimum Gasteiger partial charge on any atom is -0.360 e. The zero-order valence-corrected chi connectivity index (χ0v) is 14.7. The third-order valence-electron chi connectivity index (χ3n) is 3.65. The van der Waals surface area contributed by atoms with Gasteiger partial charge in [-0.1, -0.05) is 5.16 Å². The molecule has 1 aliphatic heterocycles. The van der Waals surface area contributed by atoms with E-state index >= 15 is 0 Å². The lowest BCUT2D eigenvalue weighted by molar-refractivity contribution is 0.0778. The number of aryl methyl sites for hydroxylation is 1. The third kappa shape index (κ3) is 3.36. The SMILES string of the molecule is Cc1onc(C(=O)N2CCCC2)c1C(=O)Nc1ccc(I)cn1.